The van der Waals surface area contributed by atoms with Crippen LogP contribution in [0.3, 0.4) is 0 Å². The first-order chi connectivity index (χ1) is 14.8. The van der Waals surface area contributed by atoms with Gasteiger partial charge in [0.25, 0.3) is 11.5 Å². The molecular weight excluding hydrogens is 392 g/mol. The van der Waals surface area contributed by atoms with Gasteiger partial charge >= 0.3 is 0 Å². The van der Waals surface area contributed by atoms with Crippen molar-refractivity contribution in [1.82, 2.24) is 14.9 Å². The molecule has 1 saturated heterocycles. The van der Waals surface area contributed by atoms with Gasteiger partial charge in [0.1, 0.15) is 11.4 Å². The lowest BCUT2D eigenvalue weighted by atomic mass is 9.93. The third-order valence-corrected chi connectivity index (χ3v) is 5.79. The highest BCUT2D eigenvalue weighted by atomic mass is 16.5. The average molecular weight is 423 g/mol. The number of nitrogens with one attached hydrogen (secondary N) is 2. The van der Waals surface area contributed by atoms with Gasteiger partial charge in [-0.05, 0) is 62.3 Å². The molecular formula is C24H30N4O3. The van der Waals surface area contributed by atoms with Crippen LogP contribution in [0.25, 0.3) is 22.2 Å². The van der Waals surface area contributed by atoms with Gasteiger partial charge in [-0.15, -0.1) is 0 Å². The monoisotopic (exact) mass is 422 g/mol. The van der Waals surface area contributed by atoms with Crippen LogP contribution >= 0.6 is 0 Å². The van der Waals surface area contributed by atoms with Crippen LogP contribution in [0.2, 0.25) is 0 Å². The third-order valence-electron chi connectivity index (χ3n) is 5.79. The molecule has 0 unspecified atom stereocenters. The van der Waals surface area contributed by atoms with Gasteiger partial charge in [-0.1, -0.05) is 20.3 Å². The number of H-pyrrole nitrogens is 2. The Balaban J connectivity index is 1.47. The van der Waals surface area contributed by atoms with E-state index in [-0.39, 0.29) is 16.7 Å². The van der Waals surface area contributed by atoms with Crippen LogP contribution in [0.5, 0.6) is 5.75 Å². The molecule has 0 aliphatic carbocycles. The first-order valence-electron chi connectivity index (χ1n) is 10.8. The van der Waals surface area contributed by atoms with E-state index in [2.05, 4.69) is 28.7 Å². The maximum atomic E-state index is 12.4. The van der Waals surface area contributed by atoms with E-state index < -0.39 is 5.91 Å². The van der Waals surface area contributed by atoms with E-state index >= 15 is 0 Å². The summed E-state index contributed by atoms with van der Waals surface area (Å²) < 4.78 is 6.14. The van der Waals surface area contributed by atoms with Crippen molar-refractivity contribution in [3.05, 3.63) is 52.4 Å². The molecule has 0 saturated carbocycles. The van der Waals surface area contributed by atoms with Crippen LogP contribution in [0.4, 0.5) is 0 Å². The predicted octanol–water partition coefficient (Wildman–Crippen LogP) is 3.51. The molecule has 1 aromatic carbocycles. The summed E-state index contributed by atoms with van der Waals surface area (Å²) >= 11 is 0. The largest absolute Gasteiger partial charge is 0.493 e. The number of likely N-dealkylation sites (tertiary alicyclic amines) is 1. The molecule has 1 fully saturated rings. The maximum Gasteiger partial charge on any atom is 0.265 e. The summed E-state index contributed by atoms with van der Waals surface area (Å²) in [6, 6.07) is 10.9. The molecule has 2 aromatic heterocycles. The molecule has 0 bridgehead atoms. The fourth-order valence-corrected chi connectivity index (χ4v) is 4.22. The smallest absolute Gasteiger partial charge is 0.265 e. The predicted molar refractivity (Wildman–Crippen MR) is 122 cm³/mol. The number of amides is 1. The van der Waals surface area contributed by atoms with Crippen molar-refractivity contribution in [2.75, 3.05) is 26.2 Å². The Hall–Kier alpha value is -3.06. The zero-order valence-corrected chi connectivity index (χ0v) is 18.2. The van der Waals surface area contributed by atoms with E-state index in [0.29, 0.717) is 17.9 Å². The Morgan fingerprint density at radius 1 is 1.10 bits per heavy atom. The van der Waals surface area contributed by atoms with Crippen molar-refractivity contribution in [3.63, 3.8) is 0 Å². The van der Waals surface area contributed by atoms with E-state index in [0.717, 1.165) is 23.2 Å². The number of benzene rings is 1. The Morgan fingerprint density at radius 3 is 2.58 bits per heavy atom. The number of hydrogen-bond donors (Lipinski definition) is 3. The minimum atomic E-state index is -0.662. The minimum Gasteiger partial charge on any atom is -0.493 e. The molecule has 7 heteroatoms. The van der Waals surface area contributed by atoms with Gasteiger partial charge in [0.2, 0.25) is 0 Å². The van der Waals surface area contributed by atoms with Crippen LogP contribution < -0.4 is 16.0 Å². The number of piperidine rings is 1. The highest BCUT2D eigenvalue weighted by Gasteiger charge is 2.24. The van der Waals surface area contributed by atoms with Crippen LogP contribution in [-0.4, -0.2) is 47.0 Å². The highest BCUT2D eigenvalue weighted by molar-refractivity contribution is 5.91. The molecule has 1 aliphatic rings. The quantitative estimate of drug-likeness (QED) is 0.542. The molecule has 1 aliphatic heterocycles. The summed E-state index contributed by atoms with van der Waals surface area (Å²) in [4.78, 5) is 31.9. The molecule has 3 aromatic rings. The lowest BCUT2D eigenvalue weighted by Gasteiger charge is -2.34. The zero-order valence-electron chi connectivity index (χ0n) is 18.2. The molecule has 0 spiro atoms. The fraction of sp³-hybridized carbons (Fsp3) is 0.417. The number of fused-ring (bicyclic) bond motifs is 1. The number of nitrogens with zero attached hydrogens (tertiary/aromatic N) is 1. The van der Waals surface area contributed by atoms with E-state index in [1.807, 2.05) is 24.3 Å². The van der Waals surface area contributed by atoms with E-state index in [4.69, 9.17) is 10.5 Å². The highest BCUT2D eigenvalue weighted by Crippen LogP contribution is 2.27. The number of aromatic amines is 2. The normalized spacial score (nSPS) is 15.3. The Labute approximate surface area is 181 Å². The molecule has 0 radical (unpaired) electrons. The standard InChI is InChI=1S/C24H30N4O3/c1-24(2,14-28-10-4-3-5-11-28)15-31-17-6-8-19-16(12-17)13-21(26-19)18-7-9-20(22(25)29)27-23(18)30/h6-9,12-13,26H,3-5,10-11,14-15H2,1-2H3,(H2,25,29)(H,27,30). The Kier molecular flexibility index (Phi) is 5.87. The first-order valence-corrected chi connectivity index (χ1v) is 10.8. The summed E-state index contributed by atoms with van der Waals surface area (Å²) in [6.45, 7) is 8.53. The number of primary amides is 1. The number of ether oxygens (including phenoxy) is 1. The number of aromatic nitrogens is 2. The van der Waals surface area contributed by atoms with Crippen LogP contribution in [-0.2, 0) is 0 Å². The minimum absolute atomic E-state index is 0.0606. The lowest BCUT2D eigenvalue weighted by molar-refractivity contribution is 0.0995. The van der Waals surface area contributed by atoms with Gasteiger partial charge in [0.05, 0.1) is 17.9 Å². The molecule has 7 nitrogen and oxygen atoms in total. The number of rotatable bonds is 7. The van der Waals surface area contributed by atoms with E-state index in [1.54, 1.807) is 6.07 Å². The summed E-state index contributed by atoms with van der Waals surface area (Å²) in [5, 5.41) is 0.958. The van der Waals surface area contributed by atoms with Gasteiger partial charge in [-0.25, -0.2) is 0 Å². The Morgan fingerprint density at radius 2 is 1.87 bits per heavy atom. The van der Waals surface area contributed by atoms with Crippen molar-refractivity contribution in [1.29, 1.82) is 0 Å². The van der Waals surface area contributed by atoms with Gasteiger partial charge in [0, 0.05) is 22.9 Å². The van der Waals surface area contributed by atoms with Crippen molar-refractivity contribution in [2.24, 2.45) is 11.1 Å². The van der Waals surface area contributed by atoms with Crippen LogP contribution in [0, 0.1) is 5.41 Å². The number of carbonyl (C=O) groups is 1. The molecule has 4 N–H and O–H groups in total. The fourth-order valence-electron chi connectivity index (χ4n) is 4.22. The number of hydrogen-bond acceptors (Lipinski definition) is 4. The maximum absolute atomic E-state index is 12.4. The summed E-state index contributed by atoms with van der Waals surface area (Å²) in [6.07, 6.45) is 3.92. The molecule has 4 rings (SSSR count). The second-order valence-corrected chi connectivity index (χ2v) is 9.20. The van der Waals surface area contributed by atoms with Gasteiger partial charge in [-0.2, -0.15) is 0 Å². The summed E-state index contributed by atoms with van der Waals surface area (Å²) in [7, 11) is 0. The molecule has 0 atom stereocenters. The van der Waals surface area contributed by atoms with Crippen molar-refractivity contribution < 1.29 is 9.53 Å². The van der Waals surface area contributed by atoms with Crippen molar-refractivity contribution in [3.8, 4) is 17.0 Å². The topological polar surface area (TPSA) is 104 Å². The SMILES string of the molecule is CC(C)(COc1ccc2[nH]c(-c3ccc(C(N)=O)[nH]c3=O)cc2c1)CN1CCCCC1. The van der Waals surface area contributed by atoms with Gasteiger partial charge in [0.15, 0.2) is 0 Å². The van der Waals surface area contributed by atoms with Crippen LogP contribution in [0.15, 0.2) is 41.2 Å². The number of pyridine rings is 1. The second kappa shape index (κ2) is 8.59. The lowest BCUT2D eigenvalue weighted by Crippen LogP contribution is -2.40. The number of carbonyl (C=O) groups excluding carboxylic acids is 1. The van der Waals surface area contributed by atoms with Crippen molar-refractivity contribution >= 4 is 16.8 Å². The van der Waals surface area contributed by atoms with Crippen molar-refractivity contribution in [2.45, 2.75) is 33.1 Å². The molecule has 164 valence electrons. The Bertz CT molecular complexity index is 1140. The molecule has 3 heterocycles. The van der Waals surface area contributed by atoms with Gasteiger partial charge < -0.3 is 25.3 Å². The van der Waals surface area contributed by atoms with Gasteiger partial charge in [-0.3, -0.25) is 9.59 Å². The summed E-state index contributed by atoms with van der Waals surface area (Å²) in [5.74, 6) is 0.146. The molecule has 31 heavy (non-hydrogen) atoms. The van der Waals surface area contributed by atoms with E-state index in [9.17, 15) is 9.59 Å². The number of nitrogens with two attached hydrogens (primary N) is 1. The van der Waals surface area contributed by atoms with E-state index in [1.165, 1.54) is 38.4 Å². The second-order valence-electron chi connectivity index (χ2n) is 9.20. The first kappa shape index (κ1) is 21.2. The average Bonchev–Trinajstić information content (AvgIpc) is 3.15. The van der Waals surface area contributed by atoms with Crippen LogP contribution in [0.1, 0.15) is 43.6 Å². The third kappa shape index (κ3) is 4.99. The zero-order chi connectivity index (χ0) is 22.0. The molecule has 1 amide bonds. The summed E-state index contributed by atoms with van der Waals surface area (Å²) in [5.41, 5.74) is 7.05.